The first-order chi connectivity index (χ1) is 15.9. The summed E-state index contributed by atoms with van der Waals surface area (Å²) < 4.78 is 5.22. The monoisotopic (exact) mass is 456 g/mol. The summed E-state index contributed by atoms with van der Waals surface area (Å²) in [6.07, 6.45) is 6.07. The van der Waals surface area contributed by atoms with Crippen molar-refractivity contribution in [3.63, 3.8) is 0 Å². The molecular formula is C26H36N2O5. The standard InChI is InChI=1S/C26H36N2O5/c1-4-6-7-13-25(31)33-18-19(3)27-26(32)21(10-5-2)15-24(30)28-16-22-12-9-8-11-20(22)14-23(28)17-29/h4-5,8-9,11-12,19,21,23,29H,1-2,6-7,10,13-18H2,3H3,(H,27,32)/t19-,21+,23-/m0/s1. The van der Waals surface area contributed by atoms with Crippen LogP contribution in [0.2, 0.25) is 0 Å². The average molecular weight is 457 g/mol. The zero-order valence-electron chi connectivity index (χ0n) is 19.5. The summed E-state index contributed by atoms with van der Waals surface area (Å²) in [4.78, 5) is 39.4. The third-order valence-electron chi connectivity index (χ3n) is 5.80. The van der Waals surface area contributed by atoms with Gasteiger partial charge in [-0.15, -0.1) is 13.2 Å². The first-order valence-electron chi connectivity index (χ1n) is 11.5. The molecule has 0 aromatic heterocycles. The number of esters is 1. The van der Waals surface area contributed by atoms with Crippen molar-refractivity contribution >= 4 is 17.8 Å². The van der Waals surface area contributed by atoms with Crippen LogP contribution in [0.25, 0.3) is 0 Å². The number of amides is 2. The van der Waals surface area contributed by atoms with E-state index in [4.69, 9.17) is 4.74 Å². The van der Waals surface area contributed by atoms with Gasteiger partial charge in [-0.05, 0) is 43.7 Å². The predicted octanol–water partition coefficient (Wildman–Crippen LogP) is 2.92. The third-order valence-corrected chi connectivity index (χ3v) is 5.80. The van der Waals surface area contributed by atoms with E-state index in [2.05, 4.69) is 18.5 Å². The Kier molecular flexibility index (Phi) is 10.8. The summed E-state index contributed by atoms with van der Waals surface area (Å²) >= 11 is 0. The van der Waals surface area contributed by atoms with Gasteiger partial charge in [0.1, 0.15) is 6.61 Å². The number of ether oxygens (including phenoxy) is 1. The number of hydrogen-bond donors (Lipinski definition) is 2. The molecule has 1 aliphatic heterocycles. The van der Waals surface area contributed by atoms with Crippen LogP contribution in [0.5, 0.6) is 0 Å². The number of rotatable bonds is 13. The van der Waals surface area contributed by atoms with Gasteiger partial charge in [0.2, 0.25) is 11.8 Å². The fourth-order valence-electron chi connectivity index (χ4n) is 3.94. The van der Waals surface area contributed by atoms with Crippen LogP contribution in [0.15, 0.2) is 49.6 Å². The molecule has 0 saturated carbocycles. The lowest BCUT2D eigenvalue weighted by Crippen LogP contribution is -2.48. The molecule has 180 valence electrons. The van der Waals surface area contributed by atoms with Gasteiger partial charge in [-0.1, -0.05) is 36.4 Å². The molecule has 0 spiro atoms. The van der Waals surface area contributed by atoms with Crippen LogP contribution in [0, 0.1) is 5.92 Å². The topological polar surface area (TPSA) is 95.9 Å². The van der Waals surface area contributed by atoms with Crippen molar-refractivity contribution in [3.8, 4) is 0 Å². The summed E-state index contributed by atoms with van der Waals surface area (Å²) in [5.41, 5.74) is 2.19. The smallest absolute Gasteiger partial charge is 0.305 e. The minimum Gasteiger partial charge on any atom is -0.464 e. The van der Waals surface area contributed by atoms with Crippen LogP contribution in [-0.4, -0.2) is 53.1 Å². The number of aliphatic hydroxyl groups is 1. The molecule has 0 fully saturated rings. The number of fused-ring (bicyclic) bond motifs is 1. The van der Waals surface area contributed by atoms with E-state index in [1.807, 2.05) is 24.3 Å². The maximum atomic E-state index is 13.1. The van der Waals surface area contributed by atoms with Gasteiger partial charge >= 0.3 is 5.97 Å². The fourth-order valence-corrected chi connectivity index (χ4v) is 3.94. The molecule has 1 aromatic carbocycles. The Balaban J connectivity index is 1.92. The van der Waals surface area contributed by atoms with E-state index >= 15 is 0 Å². The van der Waals surface area contributed by atoms with E-state index in [0.29, 0.717) is 32.2 Å². The zero-order chi connectivity index (χ0) is 24.2. The number of carbonyl (C=O) groups is 3. The highest BCUT2D eigenvalue weighted by Crippen LogP contribution is 2.25. The van der Waals surface area contributed by atoms with E-state index in [1.165, 1.54) is 0 Å². The van der Waals surface area contributed by atoms with Gasteiger partial charge in [0.25, 0.3) is 0 Å². The number of hydrogen-bond acceptors (Lipinski definition) is 5. The highest BCUT2D eigenvalue weighted by atomic mass is 16.5. The van der Waals surface area contributed by atoms with Crippen molar-refractivity contribution in [1.82, 2.24) is 10.2 Å². The van der Waals surface area contributed by atoms with Crippen LogP contribution in [0.1, 0.15) is 50.2 Å². The summed E-state index contributed by atoms with van der Waals surface area (Å²) in [6.45, 7) is 9.45. The minimum absolute atomic E-state index is 0.0184. The van der Waals surface area contributed by atoms with E-state index < -0.39 is 5.92 Å². The van der Waals surface area contributed by atoms with Gasteiger partial charge in [-0.3, -0.25) is 14.4 Å². The molecule has 1 aliphatic rings. The molecule has 0 aliphatic carbocycles. The van der Waals surface area contributed by atoms with Gasteiger partial charge in [0.05, 0.1) is 24.6 Å². The molecule has 2 amide bonds. The number of carbonyl (C=O) groups excluding carboxylic acids is 3. The van der Waals surface area contributed by atoms with Crippen LogP contribution in [0.3, 0.4) is 0 Å². The zero-order valence-corrected chi connectivity index (χ0v) is 19.5. The lowest BCUT2D eigenvalue weighted by Gasteiger charge is -2.36. The van der Waals surface area contributed by atoms with Crippen molar-refractivity contribution in [2.75, 3.05) is 13.2 Å². The Labute approximate surface area is 196 Å². The van der Waals surface area contributed by atoms with E-state index in [1.54, 1.807) is 24.0 Å². The average Bonchev–Trinajstić information content (AvgIpc) is 2.81. The number of nitrogens with one attached hydrogen (secondary N) is 1. The van der Waals surface area contributed by atoms with Crippen LogP contribution >= 0.6 is 0 Å². The number of nitrogens with zero attached hydrogens (tertiary/aromatic N) is 1. The largest absolute Gasteiger partial charge is 0.464 e. The Morgan fingerprint density at radius 1 is 1.24 bits per heavy atom. The fraction of sp³-hybridized carbons (Fsp3) is 0.500. The molecule has 0 bridgehead atoms. The lowest BCUT2D eigenvalue weighted by atomic mass is 9.92. The molecule has 2 rings (SSSR count). The highest BCUT2D eigenvalue weighted by Gasteiger charge is 2.32. The van der Waals surface area contributed by atoms with E-state index in [0.717, 1.165) is 17.5 Å². The third kappa shape index (κ3) is 8.17. The summed E-state index contributed by atoms with van der Waals surface area (Å²) in [5.74, 6) is -1.35. The Hall–Kier alpha value is -2.93. The maximum absolute atomic E-state index is 13.1. The van der Waals surface area contributed by atoms with Crippen molar-refractivity contribution in [2.45, 2.75) is 64.1 Å². The molecule has 2 N–H and O–H groups in total. The SMILES string of the molecule is C=CCCCC(=O)OC[C@H](C)NC(=O)[C@H](CC=C)CC(=O)N1Cc2ccccc2C[C@H]1CO. The first kappa shape index (κ1) is 26.3. The molecule has 7 heteroatoms. The molecule has 33 heavy (non-hydrogen) atoms. The maximum Gasteiger partial charge on any atom is 0.305 e. The molecule has 0 saturated heterocycles. The molecule has 3 atom stereocenters. The second-order valence-electron chi connectivity index (χ2n) is 8.53. The van der Waals surface area contributed by atoms with Gasteiger partial charge in [-0.25, -0.2) is 0 Å². The molecule has 0 radical (unpaired) electrons. The molecule has 1 aromatic rings. The Morgan fingerprint density at radius 2 is 1.97 bits per heavy atom. The van der Waals surface area contributed by atoms with Gasteiger partial charge in [-0.2, -0.15) is 0 Å². The Bertz CT molecular complexity index is 838. The van der Waals surface area contributed by atoms with E-state index in [9.17, 15) is 19.5 Å². The van der Waals surface area contributed by atoms with E-state index in [-0.39, 0.29) is 49.5 Å². The number of allylic oxidation sites excluding steroid dienone is 2. The van der Waals surface area contributed by atoms with Crippen LogP contribution in [0.4, 0.5) is 0 Å². The normalized spacial score (nSPS) is 16.8. The van der Waals surface area contributed by atoms with Gasteiger partial charge in [0, 0.05) is 19.4 Å². The van der Waals surface area contributed by atoms with Gasteiger partial charge in [0.15, 0.2) is 0 Å². The second kappa shape index (κ2) is 13.6. The predicted molar refractivity (Wildman–Crippen MR) is 127 cm³/mol. The lowest BCUT2D eigenvalue weighted by molar-refractivity contribution is -0.145. The quantitative estimate of drug-likeness (QED) is 0.270. The number of aliphatic hydroxyl groups excluding tert-OH is 1. The summed E-state index contributed by atoms with van der Waals surface area (Å²) in [5, 5.41) is 12.7. The highest BCUT2D eigenvalue weighted by molar-refractivity contribution is 5.86. The van der Waals surface area contributed by atoms with Crippen molar-refractivity contribution < 1.29 is 24.2 Å². The number of unbranched alkanes of at least 4 members (excludes halogenated alkanes) is 1. The first-order valence-corrected chi connectivity index (χ1v) is 11.5. The van der Waals surface area contributed by atoms with Crippen molar-refractivity contribution in [3.05, 3.63) is 60.7 Å². The summed E-state index contributed by atoms with van der Waals surface area (Å²) in [7, 11) is 0. The molecule has 0 unspecified atom stereocenters. The second-order valence-corrected chi connectivity index (χ2v) is 8.53. The Morgan fingerprint density at radius 3 is 2.64 bits per heavy atom. The minimum atomic E-state index is -0.586. The number of benzene rings is 1. The van der Waals surface area contributed by atoms with Crippen LogP contribution < -0.4 is 5.32 Å². The molecule has 1 heterocycles. The molecular weight excluding hydrogens is 420 g/mol. The van der Waals surface area contributed by atoms with Crippen molar-refractivity contribution in [2.24, 2.45) is 5.92 Å². The summed E-state index contributed by atoms with van der Waals surface area (Å²) in [6, 6.07) is 7.20. The molecule has 7 nitrogen and oxygen atoms in total. The van der Waals surface area contributed by atoms with Crippen molar-refractivity contribution in [1.29, 1.82) is 0 Å². The van der Waals surface area contributed by atoms with Crippen LogP contribution in [-0.2, 0) is 32.1 Å². The van der Waals surface area contributed by atoms with Gasteiger partial charge < -0.3 is 20.1 Å².